The lowest BCUT2D eigenvalue weighted by atomic mass is 10.1. The maximum absolute atomic E-state index is 6.31. The van der Waals surface area contributed by atoms with Crippen LogP contribution >= 0.6 is 11.3 Å². The molecule has 1 aromatic carbocycles. The van der Waals surface area contributed by atoms with E-state index in [1.54, 1.807) is 18.4 Å². The number of methoxy groups -OCH3 is 1. The number of rotatable bonds is 5. The van der Waals surface area contributed by atoms with Gasteiger partial charge in [-0.05, 0) is 43.0 Å². The highest BCUT2D eigenvalue weighted by Crippen LogP contribution is 2.34. The average molecular weight is 277 g/mol. The standard InChI is InChI=1S/C15H19NO2S/c1-10(2)18-12-6-4-5-11(9-12)14(16)15-13(17-3)7-8-19-15/h4-10,14H,16H2,1-3H3. The molecule has 0 spiro atoms. The molecule has 0 aliphatic rings. The van der Waals surface area contributed by atoms with E-state index in [4.69, 9.17) is 15.2 Å². The van der Waals surface area contributed by atoms with Crippen LogP contribution in [0, 0.1) is 0 Å². The lowest BCUT2D eigenvalue weighted by Gasteiger charge is -2.15. The van der Waals surface area contributed by atoms with E-state index in [-0.39, 0.29) is 12.1 Å². The van der Waals surface area contributed by atoms with Crippen LogP contribution < -0.4 is 15.2 Å². The van der Waals surface area contributed by atoms with Crippen LogP contribution in [0.25, 0.3) is 0 Å². The van der Waals surface area contributed by atoms with Crippen LogP contribution in [0.5, 0.6) is 11.5 Å². The van der Waals surface area contributed by atoms with Crippen molar-refractivity contribution in [1.29, 1.82) is 0 Å². The number of nitrogens with two attached hydrogens (primary N) is 1. The molecule has 0 fully saturated rings. The number of thiophene rings is 1. The van der Waals surface area contributed by atoms with Crippen LogP contribution in [0.15, 0.2) is 35.7 Å². The molecule has 102 valence electrons. The van der Waals surface area contributed by atoms with E-state index in [1.807, 2.05) is 49.6 Å². The molecule has 1 heterocycles. The zero-order valence-electron chi connectivity index (χ0n) is 11.4. The molecule has 0 saturated heterocycles. The summed E-state index contributed by atoms with van der Waals surface area (Å²) in [7, 11) is 1.66. The molecule has 2 aromatic rings. The summed E-state index contributed by atoms with van der Waals surface area (Å²) in [5.41, 5.74) is 7.34. The van der Waals surface area contributed by atoms with Gasteiger partial charge in [-0.1, -0.05) is 12.1 Å². The van der Waals surface area contributed by atoms with Crippen LogP contribution in [-0.4, -0.2) is 13.2 Å². The molecule has 0 saturated carbocycles. The normalized spacial score (nSPS) is 12.5. The molecule has 1 atom stereocenters. The Kier molecular flexibility index (Phi) is 4.45. The third-order valence-corrected chi connectivity index (χ3v) is 3.73. The van der Waals surface area contributed by atoms with Gasteiger partial charge in [-0.25, -0.2) is 0 Å². The molecule has 0 aliphatic carbocycles. The van der Waals surface area contributed by atoms with E-state index in [0.717, 1.165) is 21.9 Å². The Morgan fingerprint density at radius 2 is 2.00 bits per heavy atom. The van der Waals surface area contributed by atoms with Crippen LogP contribution in [0.3, 0.4) is 0 Å². The maximum Gasteiger partial charge on any atom is 0.134 e. The Hall–Kier alpha value is -1.52. The van der Waals surface area contributed by atoms with Gasteiger partial charge in [-0.3, -0.25) is 0 Å². The van der Waals surface area contributed by atoms with Gasteiger partial charge in [0.05, 0.1) is 24.1 Å². The lowest BCUT2D eigenvalue weighted by Crippen LogP contribution is -2.12. The molecule has 0 amide bonds. The summed E-state index contributed by atoms with van der Waals surface area (Å²) in [6, 6.07) is 9.66. The first-order valence-corrected chi connectivity index (χ1v) is 7.13. The second kappa shape index (κ2) is 6.08. The Morgan fingerprint density at radius 1 is 1.21 bits per heavy atom. The highest BCUT2D eigenvalue weighted by molar-refractivity contribution is 7.10. The maximum atomic E-state index is 6.31. The van der Waals surface area contributed by atoms with E-state index >= 15 is 0 Å². The molecule has 1 unspecified atom stereocenters. The van der Waals surface area contributed by atoms with Crippen molar-refractivity contribution in [2.24, 2.45) is 5.73 Å². The monoisotopic (exact) mass is 277 g/mol. The Bertz CT molecular complexity index is 536. The number of hydrogen-bond acceptors (Lipinski definition) is 4. The van der Waals surface area contributed by atoms with E-state index in [2.05, 4.69) is 0 Å². The summed E-state index contributed by atoms with van der Waals surface area (Å²) in [6.07, 6.45) is 0.155. The molecule has 2 N–H and O–H groups in total. The number of hydrogen-bond donors (Lipinski definition) is 1. The zero-order chi connectivity index (χ0) is 13.8. The third kappa shape index (κ3) is 3.28. The first-order valence-electron chi connectivity index (χ1n) is 6.25. The molecule has 19 heavy (non-hydrogen) atoms. The van der Waals surface area contributed by atoms with Gasteiger partial charge in [0.1, 0.15) is 11.5 Å². The lowest BCUT2D eigenvalue weighted by molar-refractivity contribution is 0.242. The molecule has 2 rings (SSSR count). The van der Waals surface area contributed by atoms with Crippen molar-refractivity contribution in [3.8, 4) is 11.5 Å². The predicted octanol–water partition coefficient (Wildman–Crippen LogP) is 3.59. The Balaban J connectivity index is 2.26. The minimum absolute atomic E-state index is 0.155. The Morgan fingerprint density at radius 3 is 2.68 bits per heavy atom. The zero-order valence-corrected chi connectivity index (χ0v) is 12.2. The molecular formula is C15H19NO2S. The van der Waals surface area contributed by atoms with Crippen molar-refractivity contribution in [3.05, 3.63) is 46.2 Å². The molecule has 3 nitrogen and oxygen atoms in total. The summed E-state index contributed by atoms with van der Waals surface area (Å²) in [4.78, 5) is 1.03. The van der Waals surface area contributed by atoms with Gasteiger partial charge in [-0.15, -0.1) is 11.3 Å². The van der Waals surface area contributed by atoms with Gasteiger partial charge < -0.3 is 15.2 Å². The minimum atomic E-state index is -0.189. The largest absolute Gasteiger partial charge is 0.496 e. The van der Waals surface area contributed by atoms with Crippen molar-refractivity contribution < 1.29 is 9.47 Å². The van der Waals surface area contributed by atoms with Crippen LogP contribution in [0.1, 0.15) is 30.3 Å². The molecule has 0 radical (unpaired) electrons. The summed E-state index contributed by atoms with van der Waals surface area (Å²) < 4.78 is 11.0. The minimum Gasteiger partial charge on any atom is -0.496 e. The third-order valence-electron chi connectivity index (χ3n) is 2.75. The quantitative estimate of drug-likeness (QED) is 0.908. The van der Waals surface area contributed by atoms with Crippen molar-refractivity contribution in [2.75, 3.05) is 7.11 Å². The number of benzene rings is 1. The second-order valence-electron chi connectivity index (χ2n) is 4.57. The first-order chi connectivity index (χ1) is 9.11. The van der Waals surface area contributed by atoms with Gasteiger partial charge in [0.25, 0.3) is 0 Å². The van der Waals surface area contributed by atoms with E-state index in [0.29, 0.717) is 0 Å². The molecule has 4 heteroatoms. The van der Waals surface area contributed by atoms with Crippen molar-refractivity contribution in [3.63, 3.8) is 0 Å². The van der Waals surface area contributed by atoms with E-state index in [1.165, 1.54) is 0 Å². The summed E-state index contributed by atoms with van der Waals surface area (Å²) >= 11 is 1.61. The van der Waals surface area contributed by atoms with E-state index in [9.17, 15) is 0 Å². The van der Waals surface area contributed by atoms with Crippen molar-refractivity contribution in [1.82, 2.24) is 0 Å². The van der Waals surface area contributed by atoms with Gasteiger partial charge >= 0.3 is 0 Å². The fourth-order valence-corrected chi connectivity index (χ4v) is 2.80. The summed E-state index contributed by atoms with van der Waals surface area (Å²) in [5.74, 6) is 1.69. The summed E-state index contributed by atoms with van der Waals surface area (Å²) in [5, 5.41) is 1.99. The topological polar surface area (TPSA) is 44.5 Å². The molecule has 0 aliphatic heterocycles. The van der Waals surface area contributed by atoms with Gasteiger partial charge in [-0.2, -0.15) is 0 Å². The molecular weight excluding hydrogens is 258 g/mol. The SMILES string of the molecule is COc1ccsc1C(N)c1cccc(OC(C)C)c1. The van der Waals surface area contributed by atoms with Crippen LogP contribution in [-0.2, 0) is 0 Å². The average Bonchev–Trinajstić information content (AvgIpc) is 2.85. The first kappa shape index (κ1) is 13.9. The predicted molar refractivity (Wildman–Crippen MR) is 79.1 cm³/mol. The smallest absolute Gasteiger partial charge is 0.134 e. The van der Waals surface area contributed by atoms with E-state index < -0.39 is 0 Å². The van der Waals surface area contributed by atoms with Gasteiger partial charge in [0.15, 0.2) is 0 Å². The van der Waals surface area contributed by atoms with Gasteiger partial charge in [0, 0.05) is 0 Å². The van der Waals surface area contributed by atoms with Crippen molar-refractivity contribution >= 4 is 11.3 Å². The molecule has 1 aromatic heterocycles. The summed E-state index contributed by atoms with van der Waals surface area (Å²) in [6.45, 7) is 4.02. The van der Waals surface area contributed by atoms with Crippen LogP contribution in [0.2, 0.25) is 0 Å². The van der Waals surface area contributed by atoms with Crippen molar-refractivity contribution in [2.45, 2.75) is 26.0 Å². The fraction of sp³-hybridized carbons (Fsp3) is 0.333. The Labute approximate surface area is 118 Å². The molecule has 0 bridgehead atoms. The highest BCUT2D eigenvalue weighted by Gasteiger charge is 2.16. The fourth-order valence-electron chi connectivity index (χ4n) is 1.91. The second-order valence-corrected chi connectivity index (χ2v) is 5.52. The van der Waals surface area contributed by atoms with Gasteiger partial charge in [0.2, 0.25) is 0 Å². The van der Waals surface area contributed by atoms with Crippen LogP contribution in [0.4, 0.5) is 0 Å². The number of ether oxygens (including phenoxy) is 2. The highest BCUT2D eigenvalue weighted by atomic mass is 32.1.